The van der Waals surface area contributed by atoms with Gasteiger partial charge in [-0.05, 0) is 49.6 Å². The molecule has 6 nitrogen and oxygen atoms in total. The summed E-state index contributed by atoms with van der Waals surface area (Å²) in [6.07, 6.45) is 4.75. The molecule has 0 saturated carbocycles. The molecular formula is C20H23N3O3S2. The first-order valence-corrected chi connectivity index (χ1v) is 10.8. The molecule has 0 spiro atoms. The van der Waals surface area contributed by atoms with Gasteiger partial charge in [0.25, 0.3) is 0 Å². The number of fused-ring (bicyclic) bond motifs is 1. The summed E-state index contributed by atoms with van der Waals surface area (Å²) in [4.78, 5) is 18.2. The highest BCUT2D eigenvalue weighted by molar-refractivity contribution is 7.98. The Kier molecular flexibility index (Phi) is 6.64. The Labute approximate surface area is 172 Å². The number of anilines is 1. The van der Waals surface area contributed by atoms with Gasteiger partial charge in [0.1, 0.15) is 16.1 Å². The van der Waals surface area contributed by atoms with Gasteiger partial charge in [0, 0.05) is 17.1 Å². The number of rotatable bonds is 8. The number of nitrogens with two attached hydrogens (primary N) is 1. The molecule has 0 amide bonds. The van der Waals surface area contributed by atoms with E-state index in [9.17, 15) is 4.79 Å². The molecule has 3 rings (SSSR count). The largest absolute Gasteiger partial charge is 0.493 e. The van der Waals surface area contributed by atoms with Crippen molar-refractivity contribution in [3.8, 4) is 16.9 Å². The molecule has 28 heavy (non-hydrogen) atoms. The Morgan fingerprint density at radius 3 is 2.89 bits per heavy atom. The Morgan fingerprint density at radius 2 is 2.18 bits per heavy atom. The Balaban J connectivity index is 2.13. The summed E-state index contributed by atoms with van der Waals surface area (Å²) < 4.78 is 11.7. The number of carbonyl (C=O) groups is 1. The number of hydrogen-bond donors (Lipinski definition) is 3. The minimum absolute atomic E-state index is 0.303. The Bertz CT molecular complexity index is 1040. The summed E-state index contributed by atoms with van der Waals surface area (Å²) in [5.74, 6) is 1.24. The Hall–Kier alpha value is -2.45. The number of nitrogens with one attached hydrogen (secondary N) is 2. The van der Waals surface area contributed by atoms with Gasteiger partial charge in [0.05, 0.1) is 30.0 Å². The maximum Gasteiger partial charge on any atom is 0.354 e. The van der Waals surface area contributed by atoms with Crippen LogP contribution in [-0.2, 0) is 4.74 Å². The van der Waals surface area contributed by atoms with Gasteiger partial charge < -0.3 is 25.2 Å². The number of benzene rings is 1. The van der Waals surface area contributed by atoms with Gasteiger partial charge in [0.15, 0.2) is 0 Å². The van der Waals surface area contributed by atoms with Crippen LogP contribution in [0.1, 0.15) is 23.8 Å². The second kappa shape index (κ2) is 9.16. The lowest BCUT2D eigenvalue weighted by atomic mass is 10.0. The van der Waals surface area contributed by atoms with Gasteiger partial charge in [0.2, 0.25) is 0 Å². The van der Waals surface area contributed by atoms with Crippen molar-refractivity contribution in [3.63, 3.8) is 0 Å². The maximum absolute atomic E-state index is 12.1. The molecule has 148 valence electrons. The number of esters is 1. The fourth-order valence-corrected chi connectivity index (χ4v) is 3.64. The average Bonchev–Trinajstić information content (AvgIpc) is 3.11. The van der Waals surface area contributed by atoms with Crippen molar-refractivity contribution < 1.29 is 14.3 Å². The lowest BCUT2D eigenvalue weighted by Gasteiger charge is -2.15. The predicted octanol–water partition coefficient (Wildman–Crippen LogP) is 4.78. The zero-order chi connectivity index (χ0) is 20.1. The second-order valence-electron chi connectivity index (χ2n) is 6.14. The van der Waals surface area contributed by atoms with E-state index in [-0.39, 0.29) is 0 Å². The highest BCUT2D eigenvalue weighted by Gasteiger charge is 2.19. The highest BCUT2D eigenvalue weighted by Crippen LogP contribution is 2.41. The molecule has 8 heteroatoms. The van der Waals surface area contributed by atoms with Crippen LogP contribution in [0, 0.1) is 4.64 Å². The van der Waals surface area contributed by atoms with E-state index in [2.05, 4.69) is 16.2 Å². The van der Waals surface area contributed by atoms with Gasteiger partial charge in [-0.15, -0.1) is 0 Å². The summed E-state index contributed by atoms with van der Waals surface area (Å²) in [6.45, 7) is 2.64. The van der Waals surface area contributed by atoms with Crippen LogP contribution in [-0.4, -0.2) is 41.2 Å². The van der Waals surface area contributed by atoms with E-state index in [0.29, 0.717) is 40.5 Å². The number of aromatic nitrogens is 2. The first kappa shape index (κ1) is 20.3. The molecule has 0 aliphatic heterocycles. The number of thioether (sulfide) groups is 1. The molecule has 0 bridgehead atoms. The first-order valence-electron chi connectivity index (χ1n) is 8.99. The topological polar surface area (TPSA) is 93.1 Å². The third kappa shape index (κ3) is 4.18. The van der Waals surface area contributed by atoms with Crippen molar-refractivity contribution in [3.05, 3.63) is 40.8 Å². The van der Waals surface area contributed by atoms with E-state index in [4.69, 9.17) is 27.4 Å². The van der Waals surface area contributed by atoms with E-state index in [1.54, 1.807) is 30.9 Å². The second-order valence-corrected chi connectivity index (χ2v) is 7.53. The van der Waals surface area contributed by atoms with Crippen molar-refractivity contribution in [2.45, 2.75) is 13.3 Å². The number of hydrogen-bond acceptors (Lipinski definition) is 6. The van der Waals surface area contributed by atoms with Crippen molar-refractivity contribution in [1.29, 1.82) is 0 Å². The van der Waals surface area contributed by atoms with Gasteiger partial charge >= 0.3 is 5.97 Å². The van der Waals surface area contributed by atoms with E-state index >= 15 is 0 Å². The third-order valence-electron chi connectivity index (χ3n) is 4.25. The van der Waals surface area contributed by atoms with Crippen LogP contribution in [0.5, 0.6) is 5.75 Å². The lowest BCUT2D eigenvalue weighted by molar-refractivity contribution is 0.0520. The molecule has 0 fully saturated rings. The molecule has 2 heterocycles. The summed E-state index contributed by atoms with van der Waals surface area (Å²) in [6, 6.07) is 7.39. The molecule has 0 aliphatic carbocycles. The van der Waals surface area contributed by atoms with Gasteiger partial charge in [-0.1, -0.05) is 12.2 Å². The fourth-order valence-electron chi connectivity index (χ4n) is 2.99. The molecule has 4 N–H and O–H groups in total. The maximum atomic E-state index is 12.1. The summed E-state index contributed by atoms with van der Waals surface area (Å²) in [7, 11) is 0. The zero-order valence-corrected chi connectivity index (χ0v) is 17.5. The van der Waals surface area contributed by atoms with Crippen LogP contribution in [0.4, 0.5) is 5.69 Å². The molecule has 0 saturated heterocycles. The van der Waals surface area contributed by atoms with Crippen LogP contribution in [0.3, 0.4) is 0 Å². The van der Waals surface area contributed by atoms with Crippen molar-refractivity contribution in [2.24, 2.45) is 0 Å². The summed E-state index contributed by atoms with van der Waals surface area (Å²) >= 11 is 7.23. The summed E-state index contributed by atoms with van der Waals surface area (Å²) in [5, 5.41) is 0.787. The van der Waals surface area contributed by atoms with E-state index < -0.39 is 5.97 Å². The average molecular weight is 418 g/mol. The molecule has 3 aromatic rings. The van der Waals surface area contributed by atoms with Crippen molar-refractivity contribution >= 4 is 46.5 Å². The van der Waals surface area contributed by atoms with Crippen LogP contribution in [0.15, 0.2) is 30.5 Å². The minimum Gasteiger partial charge on any atom is -0.493 e. The normalized spacial score (nSPS) is 10.9. The minimum atomic E-state index is -0.418. The molecule has 1 aromatic carbocycles. The number of carbonyl (C=O) groups excluding carboxylic acids is 1. The lowest BCUT2D eigenvalue weighted by Crippen LogP contribution is -2.04. The number of H-pyrrole nitrogens is 2. The molecule has 0 atom stereocenters. The predicted molar refractivity (Wildman–Crippen MR) is 118 cm³/mol. The monoisotopic (exact) mass is 417 g/mol. The quantitative estimate of drug-likeness (QED) is 0.211. The van der Waals surface area contributed by atoms with Crippen LogP contribution < -0.4 is 10.5 Å². The number of nitrogen functional groups attached to an aromatic ring is 1. The standard InChI is InChI=1S/C20H23N3O3S2/c1-3-25-20(24)14-10-12-11-15(26-8-5-9-28-2)16(17(21)18(12)23-14)13-6-4-7-22-19(13)27/h4,6-7,10-11,23H,3,5,8-9,21H2,1-2H3,(H,22,27). The van der Waals surface area contributed by atoms with Crippen LogP contribution in [0.2, 0.25) is 0 Å². The van der Waals surface area contributed by atoms with Gasteiger partial charge in [-0.3, -0.25) is 0 Å². The third-order valence-corrected chi connectivity index (χ3v) is 5.29. The number of ether oxygens (including phenoxy) is 2. The molecule has 0 unspecified atom stereocenters. The first-order chi connectivity index (χ1) is 13.6. The SMILES string of the molecule is CCOC(=O)c1cc2cc(OCCCSC)c(-c3ccc[nH]c3=S)c(N)c2[nH]1. The molecule has 0 aliphatic rings. The van der Waals surface area contributed by atoms with Gasteiger partial charge in [-0.25, -0.2) is 4.79 Å². The number of pyridine rings is 1. The van der Waals surface area contributed by atoms with E-state index in [0.717, 1.165) is 28.7 Å². The highest BCUT2D eigenvalue weighted by atomic mass is 32.2. The van der Waals surface area contributed by atoms with E-state index in [1.807, 2.05) is 18.2 Å². The number of aromatic amines is 2. The zero-order valence-electron chi connectivity index (χ0n) is 15.8. The van der Waals surface area contributed by atoms with Gasteiger partial charge in [-0.2, -0.15) is 11.8 Å². The van der Waals surface area contributed by atoms with Crippen molar-refractivity contribution in [2.75, 3.05) is 31.0 Å². The Morgan fingerprint density at radius 1 is 1.36 bits per heavy atom. The smallest absolute Gasteiger partial charge is 0.354 e. The van der Waals surface area contributed by atoms with Crippen molar-refractivity contribution in [1.82, 2.24) is 9.97 Å². The molecule has 2 aromatic heterocycles. The fraction of sp³-hybridized carbons (Fsp3) is 0.300. The van der Waals surface area contributed by atoms with E-state index in [1.165, 1.54) is 0 Å². The summed E-state index contributed by atoms with van der Waals surface area (Å²) in [5.41, 5.74) is 9.51. The molecular weight excluding hydrogens is 394 g/mol. The molecule has 0 radical (unpaired) electrons. The van der Waals surface area contributed by atoms with Crippen LogP contribution in [0.25, 0.3) is 22.0 Å². The van der Waals surface area contributed by atoms with Crippen LogP contribution >= 0.6 is 24.0 Å².